The molecular formula is C24H36N2. The van der Waals surface area contributed by atoms with E-state index in [4.69, 9.17) is 0 Å². The molecule has 142 valence electrons. The topological polar surface area (TPSA) is 19.0 Å². The number of H-pyrrole nitrogens is 1. The number of aromatic nitrogens is 1. The molecular weight excluding hydrogens is 316 g/mol. The van der Waals surface area contributed by atoms with Crippen LogP contribution >= 0.6 is 0 Å². The molecule has 0 atom stereocenters. The molecule has 4 rings (SSSR count). The van der Waals surface area contributed by atoms with Gasteiger partial charge in [-0.15, -0.1) is 0 Å². The summed E-state index contributed by atoms with van der Waals surface area (Å²) in [7, 11) is 0. The summed E-state index contributed by atoms with van der Waals surface area (Å²) in [6, 6.07) is 6.86. The Balaban J connectivity index is 1.39. The molecule has 26 heavy (non-hydrogen) atoms. The fourth-order valence-corrected chi connectivity index (χ4v) is 5.48. The van der Waals surface area contributed by atoms with E-state index < -0.39 is 0 Å². The summed E-state index contributed by atoms with van der Waals surface area (Å²) >= 11 is 0. The van der Waals surface area contributed by atoms with Crippen LogP contribution in [0.25, 0.3) is 10.9 Å². The molecule has 1 N–H and O–H groups in total. The number of nitrogens with zero attached hydrogens (tertiary/aromatic N) is 1. The molecule has 1 aliphatic carbocycles. The third-order valence-electron chi connectivity index (χ3n) is 6.93. The average Bonchev–Trinajstić information content (AvgIpc) is 2.93. The van der Waals surface area contributed by atoms with Gasteiger partial charge in [0.25, 0.3) is 0 Å². The molecule has 0 unspecified atom stereocenters. The van der Waals surface area contributed by atoms with Crippen LogP contribution < -0.4 is 0 Å². The van der Waals surface area contributed by atoms with E-state index in [2.05, 4.69) is 41.9 Å². The first-order valence-corrected chi connectivity index (χ1v) is 11.0. The van der Waals surface area contributed by atoms with Crippen molar-refractivity contribution < 1.29 is 0 Å². The molecule has 0 amide bonds. The molecule has 1 saturated heterocycles. The van der Waals surface area contributed by atoms with Gasteiger partial charge in [-0.2, -0.15) is 0 Å². The SMILES string of the molecule is Cc1ccc2[nH]c(C)c(C3CCN(CC4CCCCCCC4)CC3)c2c1. The third kappa shape index (κ3) is 4.01. The van der Waals surface area contributed by atoms with Gasteiger partial charge in [0.2, 0.25) is 0 Å². The molecule has 0 bridgehead atoms. The van der Waals surface area contributed by atoms with Crippen LogP contribution in [-0.2, 0) is 0 Å². The van der Waals surface area contributed by atoms with Gasteiger partial charge in [0.1, 0.15) is 0 Å². The molecule has 0 spiro atoms. The summed E-state index contributed by atoms with van der Waals surface area (Å²) in [5.41, 5.74) is 5.69. The summed E-state index contributed by atoms with van der Waals surface area (Å²) in [5.74, 6) is 1.70. The van der Waals surface area contributed by atoms with Crippen molar-refractivity contribution in [3.05, 3.63) is 35.0 Å². The highest BCUT2D eigenvalue weighted by Gasteiger charge is 2.26. The number of hydrogen-bond acceptors (Lipinski definition) is 1. The van der Waals surface area contributed by atoms with Crippen LogP contribution in [-0.4, -0.2) is 29.5 Å². The monoisotopic (exact) mass is 352 g/mol. The van der Waals surface area contributed by atoms with Gasteiger partial charge in [0, 0.05) is 23.1 Å². The lowest BCUT2D eigenvalue weighted by Gasteiger charge is -2.35. The zero-order valence-electron chi connectivity index (χ0n) is 16.8. The Labute approximate surface area is 159 Å². The maximum atomic E-state index is 3.63. The Morgan fingerprint density at radius 2 is 1.62 bits per heavy atom. The zero-order valence-corrected chi connectivity index (χ0v) is 16.8. The van der Waals surface area contributed by atoms with Crippen LogP contribution in [0.1, 0.15) is 80.5 Å². The lowest BCUT2D eigenvalue weighted by atomic mass is 9.86. The highest BCUT2D eigenvalue weighted by molar-refractivity contribution is 5.85. The normalized spacial score (nSPS) is 21.8. The predicted molar refractivity (Wildman–Crippen MR) is 112 cm³/mol. The Hall–Kier alpha value is -1.28. The molecule has 2 heteroatoms. The van der Waals surface area contributed by atoms with Gasteiger partial charge in [-0.05, 0) is 82.2 Å². The van der Waals surface area contributed by atoms with Crippen molar-refractivity contribution in [2.45, 2.75) is 77.6 Å². The number of hydrogen-bond donors (Lipinski definition) is 1. The fourth-order valence-electron chi connectivity index (χ4n) is 5.48. The second-order valence-electron chi connectivity index (χ2n) is 9.00. The largest absolute Gasteiger partial charge is 0.358 e. The number of piperidine rings is 1. The molecule has 2 nitrogen and oxygen atoms in total. The van der Waals surface area contributed by atoms with Gasteiger partial charge in [-0.1, -0.05) is 43.7 Å². The van der Waals surface area contributed by atoms with Crippen LogP contribution in [0.3, 0.4) is 0 Å². The molecule has 1 aromatic heterocycles. The average molecular weight is 353 g/mol. The van der Waals surface area contributed by atoms with E-state index in [0.717, 1.165) is 11.8 Å². The lowest BCUT2D eigenvalue weighted by Crippen LogP contribution is -2.36. The lowest BCUT2D eigenvalue weighted by molar-refractivity contribution is 0.169. The summed E-state index contributed by atoms with van der Waals surface area (Å²) in [4.78, 5) is 6.40. The Bertz CT molecular complexity index is 713. The number of fused-ring (bicyclic) bond motifs is 1. The summed E-state index contributed by atoms with van der Waals surface area (Å²) < 4.78 is 0. The van der Waals surface area contributed by atoms with Crippen LogP contribution in [0.4, 0.5) is 0 Å². The summed E-state index contributed by atoms with van der Waals surface area (Å²) in [6.07, 6.45) is 13.0. The Morgan fingerprint density at radius 1 is 0.923 bits per heavy atom. The van der Waals surface area contributed by atoms with Crippen molar-refractivity contribution in [3.63, 3.8) is 0 Å². The highest BCUT2D eigenvalue weighted by atomic mass is 15.1. The second-order valence-corrected chi connectivity index (χ2v) is 9.00. The first-order valence-electron chi connectivity index (χ1n) is 11.0. The van der Waals surface area contributed by atoms with E-state index in [1.165, 1.54) is 99.6 Å². The molecule has 1 aromatic carbocycles. The maximum Gasteiger partial charge on any atom is 0.0459 e. The van der Waals surface area contributed by atoms with Gasteiger partial charge in [-0.25, -0.2) is 0 Å². The smallest absolute Gasteiger partial charge is 0.0459 e. The predicted octanol–water partition coefficient (Wildman–Crippen LogP) is 6.32. The van der Waals surface area contributed by atoms with Crippen molar-refractivity contribution in [2.24, 2.45) is 5.92 Å². The van der Waals surface area contributed by atoms with Gasteiger partial charge >= 0.3 is 0 Å². The third-order valence-corrected chi connectivity index (χ3v) is 6.93. The number of rotatable bonds is 3. The van der Waals surface area contributed by atoms with E-state index in [0.29, 0.717) is 0 Å². The molecule has 2 heterocycles. The van der Waals surface area contributed by atoms with Crippen LogP contribution in [0.15, 0.2) is 18.2 Å². The first kappa shape index (κ1) is 18.1. The van der Waals surface area contributed by atoms with E-state index in [1.807, 2.05) is 0 Å². The number of nitrogens with one attached hydrogen (secondary N) is 1. The second kappa shape index (κ2) is 8.17. The van der Waals surface area contributed by atoms with Crippen molar-refractivity contribution in [3.8, 4) is 0 Å². The maximum absolute atomic E-state index is 3.63. The minimum atomic E-state index is 0.735. The summed E-state index contributed by atoms with van der Waals surface area (Å²) in [6.45, 7) is 8.42. The molecule has 2 aromatic rings. The van der Waals surface area contributed by atoms with Gasteiger partial charge in [-0.3, -0.25) is 0 Å². The number of aromatic amines is 1. The molecule has 2 aliphatic rings. The van der Waals surface area contributed by atoms with E-state index >= 15 is 0 Å². The van der Waals surface area contributed by atoms with Crippen molar-refractivity contribution in [1.29, 1.82) is 0 Å². The van der Waals surface area contributed by atoms with E-state index in [1.54, 1.807) is 5.56 Å². The number of benzene rings is 1. The molecule has 0 radical (unpaired) electrons. The van der Waals surface area contributed by atoms with Crippen LogP contribution in [0.5, 0.6) is 0 Å². The van der Waals surface area contributed by atoms with Crippen molar-refractivity contribution in [1.82, 2.24) is 9.88 Å². The van der Waals surface area contributed by atoms with Gasteiger partial charge in [0.05, 0.1) is 0 Å². The van der Waals surface area contributed by atoms with Crippen LogP contribution in [0, 0.1) is 19.8 Å². The number of likely N-dealkylation sites (tertiary alicyclic amines) is 1. The molecule has 1 aliphatic heterocycles. The van der Waals surface area contributed by atoms with E-state index in [9.17, 15) is 0 Å². The van der Waals surface area contributed by atoms with Crippen molar-refractivity contribution >= 4 is 10.9 Å². The first-order chi connectivity index (χ1) is 12.7. The van der Waals surface area contributed by atoms with E-state index in [-0.39, 0.29) is 0 Å². The number of aryl methyl sites for hydroxylation is 2. The van der Waals surface area contributed by atoms with Crippen LogP contribution in [0.2, 0.25) is 0 Å². The minimum Gasteiger partial charge on any atom is -0.358 e. The van der Waals surface area contributed by atoms with Crippen molar-refractivity contribution in [2.75, 3.05) is 19.6 Å². The fraction of sp³-hybridized carbons (Fsp3) is 0.667. The summed E-state index contributed by atoms with van der Waals surface area (Å²) in [5, 5.41) is 1.47. The Morgan fingerprint density at radius 3 is 2.35 bits per heavy atom. The van der Waals surface area contributed by atoms with Gasteiger partial charge in [0.15, 0.2) is 0 Å². The van der Waals surface area contributed by atoms with Gasteiger partial charge < -0.3 is 9.88 Å². The molecule has 2 fully saturated rings. The Kier molecular flexibility index (Phi) is 5.69. The highest BCUT2D eigenvalue weighted by Crippen LogP contribution is 2.36. The standard InChI is InChI=1S/C24H36N2/c1-18-10-11-23-22(16-18)24(19(2)25-23)21-12-14-26(15-13-21)17-20-8-6-4-3-5-7-9-20/h10-11,16,20-21,25H,3-9,12-15,17H2,1-2H3. The molecule has 1 saturated carbocycles. The quantitative estimate of drug-likeness (QED) is 0.684. The zero-order chi connectivity index (χ0) is 17.9. The minimum absolute atomic E-state index is 0.735.